The highest BCUT2D eigenvalue weighted by atomic mass is 32.2. The number of hydrogen-bond acceptors (Lipinski definition) is 4. The van der Waals surface area contributed by atoms with E-state index >= 15 is 0 Å². The summed E-state index contributed by atoms with van der Waals surface area (Å²) >= 11 is 0. The highest BCUT2D eigenvalue weighted by molar-refractivity contribution is 7.86. The molecule has 14 heavy (non-hydrogen) atoms. The molecule has 0 bridgehead atoms. The molecule has 6 heteroatoms. The summed E-state index contributed by atoms with van der Waals surface area (Å²) in [6, 6.07) is 0. The lowest BCUT2D eigenvalue weighted by molar-refractivity contribution is -0.140. The van der Waals surface area contributed by atoms with E-state index in [1.165, 1.54) is 0 Å². The van der Waals surface area contributed by atoms with E-state index in [-0.39, 0.29) is 6.42 Å². The van der Waals surface area contributed by atoms with Gasteiger partial charge < -0.3 is 4.74 Å². The van der Waals surface area contributed by atoms with Gasteiger partial charge in [-0.1, -0.05) is 19.9 Å². The fourth-order valence-corrected chi connectivity index (χ4v) is 1.50. The van der Waals surface area contributed by atoms with Crippen LogP contribution in [0.3, 0.4) is 0 Å². The lowest BCUT2D eigenvalue weighted by Crippen LogP contribution is -2.26. The van der Waals surface area contributed by atoms with Crippen molar-refractivity contribution in [2.45, 2.75) is 31.6 Å². The first-order chi connectivity index (χ1) is 6.41. The third-order valence-electron chi connectivity index (χ3n) is 1.54. The van der Waals surface area contributed by atoms with Crippen molar-refractivity contribution in [3.63, 3.8) is 0 Å². The predicted octanol–water partition coefficient (Wildman–Crippen LogP) is 1.12. The first kappa shape index (κ1) is 13.1. The van der Waals surface area contributed by atoms with Gasteiger partial charge in [0, 0.05) is 12.5 Å². The van der Waals surface area contributed by atoms with E-state index in [1.54, 1.807) is 0 Å². The molecule has 0 fully saturated rings. The third-order valence-corrected chi connectivity index (χ3v) is 2.54. The Morgan fingerprint density at radius 1 is 1.64 bits per heavy atom. The fraction of sp³-hybridized carbons (Fsp3) is 0.625. The van der Waals surface area contributed by atoms with E-state index < -0.39 is 21.5 Å². The number of unbranched alkanes of at least 4 members (excludes halogenated alkanes) is 1. The van der Waals surface area contributed by atoms with E-state index in [1.807, 2.05) is 6.92 Å². The van der Waals surface area contributed by atoms with Gasteiger partial charge in [0.2, 0.25) is 5.44 Å². The molecule has 0 radical (unpaired) electrons. The lowest BCUT2D eigenvalue weighted by atomic mass is 10.3. The van der Waals surface area contributed by atoms with Gasteiger partial charge in [-0.25, -0.2) is 4.79 Å². The van der Waals surface area contributed by atoms with Crippen LogP contribution in [0.15, 0.2) is 12.7 Å². The van der Waals surface area contributed by atoms with Gasteiger partial charge in [0.25, 0.3) is 0 Å². The van der Waals surface area contributed by atoms with Crippen LogP contribution in [0.5, 0.6) is 0 Å². The molecular formula is C8H14O5S. The van der Waals surface area contributed by atoms with Gasteiger partial charge in [0.05, 0.1) is 0 Å². The van der Waals surface area contributed by atoms with Crippen molar-refractivity contribution in [2.24, 2.45) is 0 Å². The summed E-state index contributed by atoms with van der Waals surface area (Å²) in [4.78, 5) is 10.7. The summed E-state index contributed by atoms with van der Waals surface area (Å²) < 4.78 is 34.6. The van der Waals surface area contributed by atoms with Crippen LogP contribution in [0, 0.1) is 0 Å². The van der Waals surface area contributed by atoms with Crippen molar-refractivity contribution in [3.05, 3.63) is 12.7 Å². The molecule has 1 atom stereocenters. The van der Waals surface area contributed by atoms with Crippen molar-refractivity contribution in [3.8, 4) is 0 Å². The normalized spacial score (nSPS) is 13.3. The Balaban J connectivity index is 4.41. The lowest BCUT2D eigenvalue weighted by Gasteiger charge is -2.12. The van der Waals surface area contributed by atoms with E-state index in [4.69, 9.17) is 4.55 Å². The molecule has 0 spiro atoms. The number of carbonyl (C=O) groups is 1. The molecule has 0 heterocycles. The molecule has 0 saturated heterocycles. The van der Waals surface area contributed by atoms with E-state index in [0.29, 0.717) is 6.42 Å². The first-order valence-electron chi connectivity index (χ1n) is 4.21. The zero-order chi connectivity index (χ0) is 11.2. The molecule has 0 aliphatic heterocycles. The molecule has 5 nitrogen and oxygen atoms in total. The topological polar surface area (TPSA) is 80.7 Å². The Bertz CT molecular complexity index is 293. The van der Waals surface area contributed by atoms with Gasteiger partial charge in [0.15, 0.2) is 0 Å². The predicted molar refractivity (Wildman–Crippen MR) is 51.2 cm³/mol. The van der Waals surface area contributed by atoms with Crippen LogP contribution in [-0.2, 0) is 19.6 Å². The molecule has 0 rings (SSSR count). The minimum Gasteiger partial charge on any atom is -0.440 e. The van der Waals surface area contributed by atoms with Crippen LogP contribution in [0.1, 0.15) is 26.2 Å². The van der Waals surface area contributed by atoms with E-state index in [2.05, 4.69) is 11.3 Å². The van der Waals surface area contributed by atoms with Gasteiger partial charge in [-0.3, -0.25) is 4.55 Å². The van der Waals surface area contributed by atoms with Gasteiger partial charge in [-0.2, -0.15) is 8.42 Å². The van der Waals surface area contributed by atoms with Crippen molar-refractivity contribution < 1.29 is 22.5 Å². The summed E-state index contributed by atoms with van der Waals surface area (Å²) in [6.45, 7) is 4.98. The zero-order valence-electron chi connectivity index (χ0n) is 7.97. The average molecular weight is 222 g/mol. The summed E-state index contributed by atoms with van der Waals surface area (Å²) in [5.74, 6) is -0.858. The summed E-state index contributed by atoms with van der Waals surface area (Å²) in [5, 5.41) is 0. The zero-order valence-corrected chi connectivity index (χ0v) is 8.79. The Kier molecular flexibility index (Phi) is 5.40. The van der Waals surface area contributed by atoms with Crippen molar-refractivity contribution in [1.82, 2.24) is 0 Å². The van der Waals surface area contributed by atoms with Crippen LogP contribution in [-0.4, -0.2) is 24.4 Å². The monoisotopic (exact) mass is 222 g/mol. The molecule has 0 amide bonds. The Morgan fingerprint density at radius 2 is 2.21 bits per heavy atom. The smallest absolute Gasteiger partial charge is 0.331 e. The Hall–Kier alpha value is -0.880. The summed E-state index contributed by atoms with van der Waals surface area (Å²) in [7, 11) is -4.33. The van der Waals surface area contributed by atoms with Crippen molar-refractivity contribution in [2.75, 3.05) is 0 Å². The third kappa shape index (κ3) is 4.98. The molecule has 0 saturated carbocycles. The molecule has 0 aromatic carbocycles. The Labute approximate surface area is 83.5 Å². The number of hydrogen-bond donors (Lipinski definition) is 1. The maximum absolute atomic E-state index is 10.7. The minimum atomic E-state index is -4.33. The Morgan fingerprint density at radius 3 is 2.57 bits per heavy atom. The fourth-order valence-electron chi connectivity index (χ4n) is 0.817. The van der Waals surface area contributed by atoms with Crippen LogP contribution in [0.2, 0.25) is 0 Å². The molecule has 1 unspecified atom stereocenters. The molecule has 0 aliphatic rings. The number of esters is 1. The number of ether oxygens (including phenoxy) is 1. The highest BCUT2D eigenvalue weighted by Crippen LogP contribution is 2.11. The first-order valence-corrected chi connectivity index (χ1v) is 5.71. The second-order valence-corrected chi connectivity index (χ2v) is 4.28. The van der Waals surface area contributed by atoms with Gasteiger partial charge in [-0.05, 0) is 6.42 Å². The van der Waals surface area contributed by atoms with Gasteiger partial charge in [0.1, 0.15) is 0 Å². The van der Waals surface area contributed by atoms with E-state index in [0.717, 1.165) is 12.5 Å². The van der Waals surface area contributed by atoms with Crippen LogP contribution >= 0.6 is 0 Å². The average Bonchev–Trinajstić information content (AvgIpc) is 2.09. The molecule has 0 aliphatic carbocycles. The molecule has 0 aromatic rings. The second kappa shape index (κ2) is 5.77. The van der Waals surface area contributed by atoms with E-state index in [9.17, 15) is 13.2 Å². The molecule has 1 N–H and O–H groups in total. The molecule has 0 aromatic heterocycles. The van der Waals surface area contributed by atoms with Gasteiger partial charge in [-0.15, -0.1) is 0 Å². The summed E-state index contributed by atoms with van der Waals surface area (Å²) in [6.07, 6.45) is 2.24. The largest absolute Gasteiger partial charge is 0.440 e. The van der Waals surface area contributed by atoms with Gasteiger partial charge >= 0.3 is 16.1 Å². The standard InChI is InChI=1S/C8H14O5S/c1-3-5-6-8(14(10,11)12)13-7(9)4-2/h4,8H,2-3,5-6H2,1H3,(H,10,11,12). The SMILES string of the molecule is C=CC(=O)OC(CCCC)S(=O)(=O)O. The summed E-state index contributed by atoms with van der Waals surface area (Å²) in [5.41, 5.74) is -1.48. The quantitative estimate of drug-likeness (QED) is 0.414. The minimum absolute atomic E-state index is 0.0922. The molecule has 82 valence electrons. The van der Waals surface area contributed by atoms with Crippen molar-refractivity contribution in [1.29, 1.82) is 0 Å². The van der Waals surface area contributed by atoms with Crippen LogP contribution in [0.25, 0.3) is 0 Å². The van der Waals surface area contributed by atoms with Crippen molar-refractivity contribution >= 4 is 16.1 Å². The maximum Gasteiger partial charge on any atom is 0.331 e. The number of carbonyl (C=O) groups excluding carboxylic acids is 1. The second-order valence-electron chi connectivity index (χ2n) is 2.73. The molecular weight excluding hydrogens is 208 g/mol. The van der Waals surface area contributed by atoms with Crippen LogP contribution in [0.4, 0.5) is 0 Å². The number of rotatable bonds is 6. The maximum atomic E-state index is 10.7. The van der Waals surface area contributed by atoms with Crippen LogP contribution < -0.4 is 0 Å². The highest BCUT2D eigenvalue weighted by Gasteiger charge is 2.25.